The molecule has 0 saturated carbocycles. The molecule has 4 nitrogen and oxygen atoms in total. The molecule has 0 spiro atoms. The third-order valence-electron chi connectivity index (χ3n) is 1.66. The average Bonchev–Trinajstić information content (AvgIpc) is 1.95. The summed E-state index contributed by atoms with van der Waals surface area (Å²) in [6.45, 7) is 10.6. The van der Waals surface area contributed by atoms with Crippen LogP contribution in [0.3, 0.4) is 0 Å². The molecule has 1 atom stereocenters. The molecule has 0 heterocycles. The first-order chi connectivity index (χ1) is 6.63. The van der Waals surface area contributed by atoms with Crippen LogP contribution in [0.5, 0.6) is 0 Å². The van der Waals surface area contributed by atoms with Gasteiger partial charge < -0.3 is 10.1 Å². The molecule has 0 aliphatic heterocycles. The zero-order chi connectivity index (χ0) is 12.2. The zero-order valence-corrected chi connectivity index (χ0v) is 10.4. The van der Waals surface area contributed by atoms with Gasteiger partial charge in [-0.05, 0) is 26.7 Å². The van der Waals surface area contributed by atoms with Crippen molar-refractivity contribution < 1.29 is 14.3 Å². The van der Waals surface area contributed by atoms with E-state index >= 15 is 0 Å². The van der Waals surface area contributed by atoms with Crippen LogP contribution in [0.15, 0.2) is 0 Å². The van der Waals surface area contributed by atoms with E-state index in [9.17, 15) is 9.59 Å². The summed E-state index contributed by atoms with van der Waals surface area (Å²) >= 11 is 0. The molecular formula is C11H21NO3. The van der Waals surface area contributed by atoms with E-state index in [1.165, 1.54) is 6.92 Å². The number of ether oxygens (including phenoxy) is 1. The average molecular weight is 215 g/mol. The number of hydrogen-bond acceptors (Lipinski definition) is 3. The van der Waals surface area contributed by atoms with Gasteiger partial charge in [-0.1, -0.05) is 13.8 Å². The second-order valence-electron chi connectivity index (χ2n) is 5.01. The second-order valence-corrected chi connectivity index (χ2v) is 5.01. The van der Waals surface area contributed by atoms with E-state index in [1.54, 1.807) is 0 Å². The molecular weight excluding hydrogens is 194 g/mol. The van der Waals surface area contributed by atoms with Crippen LogP contribution in [0.25, 0.3) is 0 Å². The first-order valence-electron chi connectivity index (χ1n) is 5.12. The van der Waals surface area contributed by atoms with Crippen molar-refractivity contribution in [2.45, 2.75) is 53.2 Å². The van der Waals surface area contributed by atoms with Gasteiger partial charge in [0.15, 0.2) is 6.10 Å². The van der Waals surface area contributed by atoms with Crippen LogP contribution in [0.4, 0.5) is 0 Å². The second kappa shape index (κ2) is 5.14. The van der Waals surface area contributed by atoms with E-state index in [0.717, 1.165) is 0 Å². The Bertz CT molecular complexity index is 241. The van der Waals surface area contributed by atoms with Gasteiger partial charge in [0.1, 0.15) is 0 Å². The Morgan fingerprint density at radius 2 is 1.67 bits per heavy atom. The minimum atomic E-state index is -0.707. The SMILES string of the molecule is CC(=O)OC(C(=O)NC(C)(C)C)C(C)C. The van der Waals surface area contributed by atoms with Crippen molar-refractivity contribution in [2.24, 2.45) is 5.92 Å². The number of rotatable bonds is 3. The standard InChI is InChI=1S/C11H21NO3/c1-7(2)9(15-8(3)13)10(14)12-11(4,5)6/h7,9H,1-6H3,(H,12,14). The van der Waals surface area contributed by atoms with Gasteiger partial charge in [0.05, 0.1) is 0 Å². The van der Waals surface area contributed by atoms with Gasteiger partial charge in [0.25, 0.3) is 5.91 Å². The molecule has 4 heteroatoms. The smallest absolute Gasteiger partial charge is 0.303 e. The lowest BCUT2D eigenvalue weighted by Gasteiger charge is -2.26. The number of esters is 1. The quantitative estimate of drug-likeness (QED) is 0.726. The van der Waals surface area contributed by atoms with Crippen LogP contribution in [-0.4, -0.2) is 23.5 Å². The van der Waals surface area contributed by atoms with Crippen molar-refractivity contribution in [3.8, 4) is 0 Å². The highest BCUT2D eigenvalue weighted by Crippen LogP contribution is 2.09. The Balaban J connectivity index is 4.50. The molecule has 0 aromatic heterocycles. The molecule has 0 aliphatic rings. The van der Waals surface area contributed by atoms with Crippen molar-refractivity contribution in [3.05, 3.63) is 0 Å². The highest BCUT2D eigenvalue weighted by Gasteiger charge is 2.27. The molecule has 0 aromatic rings. The Labute approximate surface area is 91.4 Å². The molecule has 0 rings (SSSR count). The van der Waals surface area contributed by atoms with Gasteiger partial charge in [0.2, 0.25) is 0 Å². The summed E-state index contributed by atoms with van der Waals surface area (Å²) in [5.41, 5.74) is -0.315. The number of carbonyl (C=O) groups excluding carboxylic acids is 2. The van der Waals surface area contributed by atoms with E-state index < -0.39 is 12.1 Å². The summed E-state index contributed by atoms with van der Waals surface area (Å²) in [6.07, 6.45) is -0.707. The van der Waals surface area contributed by atoms with Gasteiger partial charge in [-0.15, -0.1) is 0 Å². The first-order valence-corrected chi connectivity index (χ1v) is 5.12. The molecule has 15 heavy (non-hydrogen) atoms. The fourth-order valence-electron chi connectivity index (χ4n) is 1.11. The predicted octanol–water partition coefficient (Wildman–Crippen LogP) is 1.49. The molecule has 1 amide bonds. The number of nitrogens with one attached hydrogen (secondary N) is 1. The van der Waals surface area contributed by atoms with Crippen LogP contribution in [0, 0.1) is 5.92 Å². The van der Waals surface area contributed by atoms with E-state index in [2.05, 4.69) is 5.32 Å². The monoisotopic (exact) mass is 215 g/mol. The number of amides is 1. The summed E-state index contributed by atoms with van der Waals surface area (Å²) in [7, 11) is 0. The molecule has 0 radical (unpaired) electrons. The maximum atomic E-state index is 11.7. The molecule has 88 valence electrons. The molecule has 0 aromatic carbocycles. The maximum absolute atomic E-state index is 11.7. The van der Waals surface area contributed by atoms with E-state index in [1.807, 2.05) is 34.6 Å². The number of hydrogen-bond donors (Lipinski definition) is 1. The normalized spacial score (nSPS) is 13.5. The highest BCUT2D eigenvalue weighted by atomic mass is 16.5. The fraction of sp³-hybridized carbons (Fsp3) is 0.818. The molecule has 0 bridgehead atoms. The Hall–Kier alpha value is -1.06. The Morgan fingerprint density at radius 3 is 1.93 bits per heavy atom. The fourth-order valence-corrected chi connectivity index (χ4v) is 1.11. The largest absolute Gasteiger partial charge is 0.452 e. The third kappa shape index (κ3) is 6.10. The molecule has 0 saturated heterocycles. The van der Waals surface area contributed by atoms with Crippen molar-refractivity contribution in [3.63, 3.8) is 0 Å². The topological polar surface area (TPSA) is 55.4 Å². The summed E-state index contributed by atoms with van der Waals surface area (Å²) < 4.78 is 4.97. The minimum absolute atomic E-state index is 0.0313. The summed E-state index contributed by atoms with van der Waals surface area (Å²) in [5, 5.41) is 2.79. The van der Waals surface area contributed by atoms with Crippen molar-refractivity contribution in [1.82, 2.24) is 5.32 Å². The van der Waals surface area contributed by atoms with E-state index in [0.29, 0.717) is 0 Å². The van der Waals surface area contributed by atoms with E-state index in [4.69, 9.17) is 4.74 Å². The van der Waals surface area contributed by atoms with Gasteiger partial charge in [-0.25, -0.2) is 0 Å². The molecule has 0 aliphatic carbocycles. The van der Waals surface area contributed by atoms with Crippen LogP contribution in [-0.2, 0) is 14.3 Å². The van der Waals surface area contributed by atoms with Crippen molar-refractivity contribution in [2.75, 3.05) is 0 Å². The Kier molecular flexibility index (Phi) is 4.78. The minimum Gasteiger partial charge on any atom is -0.452 e. The maximum Gasteiger partial charge on any atom is 0.303 e. The van der Waals surface area contributed by atoms with Crippen molar-refractivity contribution >= 4 is 11.9 Å². The first kappa shape index (κ1) is 13.9. The van der Waals surface area contributed by atoms with Crippen LogP contribution < -0.4 is 5.32 Å². The predicted molar refractivity (Wildman–Crippen MR) is 58.3 cm³/mol. The van der Waals surface area contributed by atoms with Crippen LogP contribution in [0.2, 0.25) is 0 Å². The summed E-state index contributed by atoms with van der Waals surface area (Å²) in [5.74, 6) is -0.707. The lowest BCUT2D eigenvalue weighted by Crippen LogP contribution is -2.48. The summed E-state index contributed by atoms with van der Waals surface area (Å²) in [6, 6.07) is 0. The summed E-state index contributed by atoms with van der Waals surface area (Å²) in [4.78, 5) is 22.6. The highest BCUT2D eigenvalue weighted by molar-refractivity contribution is 5.84. The lowest BCUT2D eigenvalue weighted by atomic mass is 10.0. The van der Waals surface area contributed by atoms with Crippen LogP contribution in [0.1, 0.15) is 41.5 Å². The lowest BCUT2D eigenvalue weighted by molar-refractivity contribution is -0.157. The number of carbonyl (C=O) groups is 2. The third-order valence-corrected chi connectivity index (χ3v) is 1.66. The van der Waals surface area contributed by atoms with Crippen molar-refractivity contribution in [1.29, 1.82) is 0 Å². The van der Waals surface area contributed by atoms with Gasteiger partial charge in [-0.2, -0.15) is 0 Å². The molecule has 1 unspecified atom stereocenters. The Morgan fingerprint density at radius 1 is 1.20 bits per heavy atom. The molecule has 0 fully saturated rings. The zero-order valence-electron chi connectivity index (χ0n) is 10.4. The van der Waals surface area contributed by atoms with Gasteiger partial charge >= 0.3 is 5.97 Å². The van der Waals surface area contributed by atoms with Crippen LogP contribution >= 0.6 is 0 Å². The van der Waals surface area contributed by atoms with Gasteiger partial charge in [-0.3, -0.25) is 9.59 Å². The molecule has 1 N–H and O–H groups in total. The van der Waals surface area contributed by atoms with Gasteiger partial charge in [0, 0.05) is 12.5 Å². The van der Waals surface area contributed by atoms with E-state index in [-0.39, 0.29) is 17.4 Å².